The van der Waals surface area contributed by atoms with E-state index in [-0.39, 0.29) is 28.3 Å². The highest BCUT2D eigenvalue weighted by Crippen LogP contribution is 2.40. The minimum absolute atomic E-state index is 0.184. The lowest BCUT2D eigenvalue weighted by Crippen LogP contribution is -2.30. The summed E-state index contributed by atoms with van der Waals surface area (Å²) in [6, 6.07) is 17.0. The van der Waals surface area contributed by atoms with Crippen molar-refractivity contribution in [1.29, 1.82) is 0 Å². The first-order valence-electron chi connectivity index (χ1n) is 15.9. The van der Waals surface area contributed by atoms with Gasteiger partial charge in [-0.25, -0.2) is 4.79 Å². The molecule has 0 radical (unpaired) electrons. The van der Waals surface area contributed by atoms with Crippen molar-refractivity contribution >= 4 is 45.2 Å². The van der Waals surface area contributed by atoms with Crippen molar-refractivity contribution in [2.75, 3.05) is 24.5 Å². The molecular weight excluding hydrogens is 536 g/mol. The zero-order chi connectivity index (χ0) is 30.5. The van der Waals surface area contributed by atoms with E-state index in [1.807, 2.05) is 48.5 Å². The number of anilines is 1. The van der Waals surface area contributed by atoms with Gasteiger partial charge in [0.2, 0.25) is 11.4 Å². The number of Topliss-reactive ketones (excluding diaryl/α,β-unsaturated/α-hetero) is 1. The number of ketones is 1. The van der Waals surface area contributed by atoms with E-state index < -0.39 is 5.97 Å². The fourth-order valence-electron chi connectivity index (χ4n) is 6.23. The molecule has 5 rings (SSSR count). The predicted octanol–water partition coefficient (Wildman–Crippen LogP) is 7.25. The summed E-state index contributed by atoms with van der Waals surface area (Å²) < 4.78 is 2.15. The van der Waals surface area contributed by atoms with Gasteiger partial charge in [0.05, 0.1) is 16.5 Å². The molecule has 1 aliphatic heterocycles. The molecule has 0 unspecified atom stereocenters. The van der Waals surface area contributed by atoms with Crippen LogP contribution in [0.25, 0.3) is 16.3 Å². The van der Waals surface area contributed by atoms with E-state index in [2.05, 4.69) is 30.2 Å². The Morgan fingerprint density at radius 2 is 1.58 bits per heavy atom. The first kappa shape index (κ1) is 30.3. The molecule has 224 valence electrons. The summed E-state index contributed by atoms with van der Waals surface area (Å²) >= 11 is 0. The smallest absolute Gasteiger partial charge is 0.336 e. The van der Waals surface area contributed by atoms with Crippen LogP contribution in [0.1, 0.15) is 93.6 Å². The quantitative estimate of drug-likeness (QED) is 0.117. The van der Waals surface area contributed by atoms with E-state index in [1.54, 1.807) is 12.1 Å². The normalized spacial score (nSPS) is 15.1. The van der Waals surface area contributed by atoms with E-state index in [9.17, 15) is 19.8 Å². The first-order chi connectivity index (χ1) is 20.9. The molecule has 0 saturated heterocycles. The van der Waals surface area contributed by atoms with Crippen LogP contribution in [-0.4, -0.2) is 46.8 Å². The monoisotopic (exact) mass is 578 g/mol. The van der Waals surface area contributed by atoms with Crippen molar-refractivity contribution < 1.29 is 24.4 Å². The van der Waals surface area contributed by atoms with Gasteiger partial charge in [0.1, 0.15) is 6.54 Å². The van der Waals surface area contributed by atoms with Gasteiger partial charge in [-0.1, -0.05) is 76.5 Å². The van der Waals surface area contributed by atoms with Crippen molar-refractivity contribution in [3.8, 4) is 0 Å². The van der Waals surface area contributed by atoms with Crippen molar-refractivity contribution in [2.24, 2.45) is 0 Å². The van der Waals surface area contributed by atoms with Gasteiger partial charge in [-0.05, 0) is 49.1 Å². The van der Waals surface area contributed by atoms with Crippen LogP contribution in [0.3, 0.4) is 0 Å². The number of benzene rings is 3. The molecule has 0 fully saturated rings. The van der Waals surface area contributed by atoms with Crippen LogP contribution < -0.4 is 10.0 Å². The molecule has 0 amide bonds. The molecule has 0 bridgehead atoms. The average Bonchev–Trinajstić information content (AvgIpc) is 3.32. The maximum Gasteiger partial charge on any atom is 0.336 e. The third-order valence-corrected chi connectivity index (χ3v) is 8.65. The molecule has 0 aromatic heterocycles. The van der Waals surface area contributed by atoms with E-state index in [0.717, 1.165) is 99.0 Å². The number of carboxylic acids is 1. The van der Waals surface area contributed by atoms with Gasteiger partial charge in [0, 0.05) is 53.9 Å². The number of carbonyl (C=O) groups is 2. The number of unbranched alkanes of at least 4 members (excludes halogenated alkanes) is 5. The Balaban J connectivity index is 1.50. The summed E-state index contributed by atoms with van der Waals surface area (Å²) in [4.78, 5) is 27.8. The number of hydrogen-bond donors (Lipinski definition) is 1. The largest absolute Gasteiger partial charge is 0.871 e. The molecule has 6 heteroatoms. The highest BCUT2D eigenvalue weighted by atomic mass is 16.4. The summed E-state index contributed by atoms with van der Waals surface area (Å²) in [7, 11) is 0. The second-order valence-electron chi connectivity index (χ2n) is 11.6. The number of aromatic carboxylic acids is 1. The van der Waals surface area contributed by atoms with Crippen LogP contribution in [0.2, 0.25) is 0 Å². The standard InChI is InChI=1S/C37H42N2O4/c1-4-7-10-11-23-39-31-14-12-13-27-28(37(42)43)19-20-29(34(27)31)32(39)24-30-35(40)33(36(30)41)25-15-17-26(18-16-25)38(21-8-5-2)22-9-6-3/h12-20,24H,4-11,21-23H2,1-3H3,(H-,40,41,42,43). The molecule has 43 heavy (non-hydrogen) atoms. The van der Waals surface area contributed by atoms with Gasteiger partial charge < -0.3 is 15.1 Å². The molecule has 1 N–H and O–H groups in total. The molecular formula is C37H42N2O4. The second kappa shape index (κ2) is 13.4. The first-order valence-corrected chi connectivity index (χ1v) is 15.9. The lowest BCUT2D eigenvalue weighted by molar-refractivity contribution is -0.436. The van der Waals surface area contributed by atoms with Crippen molar-refractivity contribution in [3.63, 3.8) is 0 Å². The van der Waals surface area contributed by atoms with Crippen molar-refractivity contribution in [3.05, 3.63) is 88.7 Å². The second-order valence-corrected chi connectivity index (χ2v) is 11.6. The van der Waals surface area contributed by atoms with E-state index >= 15 is 0 Å². The Hall–Kier alpha value is -4.19. The number of rotatable bonds is 15. The highest BCUT2D eigenvalue weighted by molar-refractivity contribution is 6.40. The Bertz CT molecular complexity index is 1620. The fourth-order valence-corrected chi connectivity index (χ4v) is 6.23. The average molecular weight is 579 g/mol. The number of hydrogen-bond acceptors (Lipinski definition) is 4. The molecule has 3 aromatic carbocycles. The Kier molecular flexibility index (Phi) is 9.44. The lowest BCUT2D eigenvalue weighted by Gasteiger charge is -2.31. The lowest BCUT2D eigenvalue weighted by atomic mass is 9.82. The summed E-state index contributed by atoms with van der Waals surface area (Å²) in [5.41, 5.74) is 5.02. The zero-order valence-corrected chi connectivity index (χ0v) is 25.6. The van der Waals surface area contributed by atoms with Crippen LogP contribution >= 0.6 is 0 Å². The van der Waals surface area contributed by atoms with Crippen LogP contribution in [0.4, 0.5) is 11.4 Å². The van der Waals surface area contributed by atoms with Crippen molar-refractivity contribution in [2.45, 2.75) is 72.1 Å². The van der Waals surface area contributed by atoms with E-state index in [1.165, 1.54) is 0 Å². The predicted molar refractivity (Wildman–Crippen MR) is 172 cm³/mol. The van der Waals surface area contributed by atoms with Gasteiger partial charge in [-0.15, -0.1) is 0 Å². The molecule has 1 aliphatic carbocycles. The van der Waals surface area contributed by atoms with Gasteiger partial charge in [-0.3, -0.25) is 4.79 Å². The Labute approximate surface area is 254 Å². The molecule has 0 saturated carbocycles. The third-order valence-electron chi connectivity index (χ3n) is 8.65. The number of carbonyl (C=O) groups excluding carboxylic acids is 1. The highest BCUT2D eigenvalue weighted by Gasteiger charge is 2.35. The molecule has 2 aliphatic rings. The minimum Gasteiger partial charge on any atom is -0.871 e. The SMILES string of the molecule is CCCCCC[N+]1=C(C=C2C(=O)C(c3ccc(N(CCCC)CCCC)cc3)=C2[O-])c2ccc(C(=O)O)c3cccc1c23. The zero-order valence-electron chi connectivity index (χ0n) is 25.6. The summed E-state index contributed by atoms with van der Waals surface area (Å²) in [6.45, 7) is 9.27. The van der Waals surface area contributed by atoms with Crippen LogP contribution in [0.15, 0.2) is 72.0 Å². The summed E-state index contributed by atoms with van der Waals surface area (Å²) in [5, 5.41) is 24.8. The van der Waals surface area contributed by atoms with Crippen LogP contribution in [0, 0.1) is 0 Å². The van der Waals surface area contributed by atoms with Gasteiger partial charge in [0.25, 0.3) is 0 Å². The molecule has 3 aromatic rings. The molecule has 0 spiro atoms. The Morgan fingerprint density at radius 1 is 0.884 bits per heavy atom. The van der Waals surface area contributed by atoms with Gasteiger partial charge in [0.15, 0.2) is 5.78 Å². The van der Waals surface area contributed by atoms with Crippen LogP contribution in [0.5, 0.6) is 0 Å². The minimum atomic E-state index is -0.974. The summed E-state index contributed by atoms with van der Waals surface area (Å²) in [6.07, 6.45) is 10.5. The molecule has 0 atom stereocenters. The number of carboxylic acid groups (broad SMARTS) is 1. The topological polar surface area (TPSA) is 83.7 Å². The van der Waals surface area contributed by atoms with Gasteiger partial charge >= 0.3 is 5.97 Å². The van der Waals surface area contributed by atoms with Crippen LogP contribution in [-0.2, 0) is 4.79 Å². The van der Waals surface area contributed by atoms with E-state index in [4.69, 9.17) is 0 Å². The van der Waals surface area contributed by atoms with Gasteiger partial charge in [-0.2, -0.15) is 4.58 Å². The van der Waals surface area contributed by atoms with E-state index in [0.29, 0.717) is 10.9 Å². The van der Waals surface area contributed by atoms with Crippen molar-refractivity contribution in [1.82, 2.24) is 0 Å². The maximum atomic E-state index is 13.5. The number of nitrogens with zero attached hydrogens (tertiary/aromatic N) is 2. The molecule has 6 nitrogen and oxygen atoms in total. The Morgan fingerprint density at radius 3 is 2.21 bits per heavy atom. The third kappa shape index (κ3) is 5.88. The maximum absolute atomic E-state index is 13.5. The summed E-state index contributed by atoms with van der Waals surface area (Å²) in [5.74, 6) is -1.45. The fraction of sp³-hybridized carbons (Fsp3) is 0.378. The number of allylic oxidation sites excluding steroid dienone is 3. The molecule has 1 heterocycles.